The molecular formula is C20H24N2O. The molecule has 1 fully saturated rings. The molecule has 0 aromatic heterocycles. The van der Waals surface area contributed by atoms with E-state index in [0.717, 1.165) is 18.7 Å². The summed E-state index contributed by atoms with van der Waals surface area (Å²) >= 11 is 0. The van der Waals surface area contributed by atoms with Gasteiger partial charge < -0.3 is 5.32 Å². The standard InChI is InChI=1S/C20H24N2O/c1-16-9-11-17(12-10-16)19(22-13-5-6-14-22)15-21-20(23)18-7-3-2-4-8-18/h2-4,7-12,19H,5-6,13-15H2,1H3,(H,21,23)/t19-/m0/s1. The summed E-state index contributed by atoms with van der Waals surface area (Å²) < 4.78 is 0. The van der Waals surface area contributed by atoms with E-state index in [9.17, 15) is 4.79 Å². The quantitative estimate of drug-likeness (QED) is 0.916. The van der Waals surface area contributed by atoms with Gasteiger partial charge in [0.1, 0.15) is 0 Å². The zero-order valence-corrected chi connectivity index (χ0v) is 13.7. The van der Waals surface area contributed by atoms with Crippen LogP contribution in [0.25, 0.3) is 0 Å². The highest BCUT2D eigenvalue weighted by atomic mass is 16.1. The van der Waals surface area contributed by atoms with Gasteiger partial charge in [0, 0.05) is 12.1 Å². The highest BCUT2D eigenvalue weighted by molar-refractivity contribution is 5.94. The summed E-state index contributed by atoms with van der Waals surface area (Å²) in [4.78, 5) is 14.8. The van der Waals surface area contributed by atoms with Gasteiger partial charge in [-0.25, -0.2) is 0 Å². The second-order valence-electron chi connectivity index (χ2n) is 6.25. The number of carbonyl (C=O) groups is 1. The lowest BCUT2D eigenvalue weighted by Gasteiger charge is -2.28. The first-order valence-electron chi connectivity index (χ1n) is 8.38. The molecule has 120 valence electrons. The van der Waals surface area contributed by atoms with Crippen molar-refractivity contribution in [3.8, 4) is 0 Å². The maximum Gasteiger partial charge on any atom is 0.251 e. The number of rotatable bonds is 5. The van der Waals surface area contributed by atoms with Gasteiger partial charge in [-0.15, -0.1) is 0 Å². The number of nitrogens with zero attached hydrogens (tertiary/aromatic N) is 1. The molecule has 1 aliphatic rings. The van der Waals surface area contributed by atoms with Crippen LogP contribution in [-0.4, -0.2) is 30.4 Å². The zero-order valence-electron chi connectivity index (χ0n) is 13.7. The number of carbonyl (C=O) groups excluding carboxylic acids is 1. The number of hydrogen-bond acceptors (Lipinski definition) is 2. The molecular weight excluding hydrogens is 284 g/mol. The molecule has 2 aromatic rings. The molecule has 1 aliphatic heterocycles. The van der Waals surface area contributed by atoms with Crippen molar-refractivity contribution in [2.24, 2.45) is 0 Å². The van der Waals surface area contributed by atoms with Crippen LogP contribution in [0.15, 0.2) is 54.6 Å². The van der Waals surface area contributed by atoms with Gasteiger partial charge in [-0.3, -0.25) is 9.69 Å². The van der Waals surface area contributed by atoms with Crippen molar-refractivity contribution < 1.29 is 4.79 Å². The van der Waals surface area contributed by atoms with E-state index >= 15 is 0 Å². The lowest BCUT2D eigenvalue weighted by Crippen LogP contribution is -2.36. The van der Waals surface area contributed by atoms with Gasteiger partial charge in [-0.1, -0.05) is 48.0 Å². The van der Waals surface area contributed by atoms with Crippen LogP contribution in [0.1, 0.15) is 40.4 Å². The predicted molar refractivity (Wildman–Crippen MR) is 93.5 cm³/mol. The van der Waals surface area contributed by atoms with Gasteiger partial charge in [0.2, 0.25) is 0 Å². The van der Waals surface area contributed by atoms with Crippen LogP contribution in [-0.2, 0) is 0 Å². The van der Waals surface area contributed by atoms with Crippen molar-refractivity contribution in [3.05, 3.63) is 71.3 Å². The first kappa shape index (κ1) is 15.8. The molecule has 0 bridgehead atoms. The van der Waals surface area contributed by atoms with Crippen LogP contribution >= 0.6 is 0 Å². The third-order valence-corrected chi connectivity index (χ3v) is 4.54. The molecule has 0 saturated carbocycles. The van der Waals surface area contributed by atoms with Gasteiger partial charge >= 0.3 is 0 Å². The average molecular weight is 308 g/mol. The maximum absolute atomic E-state index is 12.3. The molecule has 0 aliphatic carbocycles. The first-order chi connectivity index (χ1) is 11.2. The molecule has 1 amide bonds. The third kappa shape index (κ3) is 3.99. The molecule has 3 heteroatoms. The van der Waals surface area contributed by atoms with Gasteiger partial charge in [-0.05, 0) is 50.6 Å². The van der Waals surface area contributed by atoms with Crippen molar-refractivity contribution in [3.63, 3.8) is 0 Å². The van der Waals surface area contributed by atoms with E-state index in [1.54, 1.807) is 0 Å². The summed E-state index contributed by atoms with van der Waals surface area (Å²) in [5.74, 6) is 0.00177. The Morgan fingerprint density at radius 1 is 1.04 bits per heavy atom. The van der Waals surface area contributed by atoms with Gasteiger partial charge in [0.25, 0.3) is 5.91 Å². The number of nitrogens with one attached hydrogen (secondary N) is 1. The smallest absolute Gasteiger partial charge is 0.251 e. The summed E-state index contributed by atoms with van der Waals surface area (Å²) in [5, 5.41) is 3.11. The summed E-state index contributed by atoms with van der Waals surface area (Å²) in [6.45, 7) is 4.97. The highest BCUT2D eigenvalue weighted by Crippen LogP contribution is 2.25. The van der Waals surface area contributed by atoms with Crippen molar-refractivity contribution in [1.29, 1.82) is 0 Å². The van der Waals surface area contributed by atoms with Crippen molar-refractivity contribution >= 4 is 5.91 Å². The minimum absolute atomic E-state index is 0.00177. The summed E-state index contributed by atoms with van der Waals surface area (Å²) in [5.41, 5.74) is 3.27. The number of amides is 1. The van der Waals surface area contributed by atoms with Crippen molar-refractivity contribution in [1.82, 2.24) is 10.2 Å². The number of benzene rings is 2. The topological polar surface area (TPSA) is 32.3 Å². The Balaban J connectivity index is 1.71. The van der Waals surface area contributed by atoms with Crippen LogP contribution in [0, 0.1) is 6.92 Å². The second-order valence-corrected chi connectivity index (χ2v) is 6.25. The van der Waals surface area contributed by atoms with E-state index in [4.69, 9.17) is 0 Å². The SMILES string of the molecule is Cc1ccc([C@H](CNC(=O)c2ccccc2)N2CCCC2)cc1. The van der Waals surface area contributed by atoms with Crippen LogP contribution in [0.4, 0.5) is 0 Å². The van der Waals surface area contributed by atoms with Crippen molar-refractivity contribution in [2.45, 2.75) is 25.8 Å². The molecule has 3 rings (SSSR count). The largest absolute Gasteiger partial charge is 0.350 e. The Labute approximate surface area is 138 Å². The minimum Gasteiger partial charge on any atom is -0.350 e. The normalized spacial score (nSPS) is 16.2. The number of hydrogen-bond donors (Lipinski definition) is 1. The molecule has 0 spiro atoms. The number of likely N-dealkylation sites (tertiary alicyclic amines) is 1. The highest BCUT2D eigenvalue weighted by Gasteiger charge is 2.24. The van der Waals surface area contributed by atoms with Gasteiger partial charge in [0.15, 0.2) is 0 Å². The zero-order chi connectivity index (χ0) is 16.1. The summed E-state index contributed by atoms with van der Waals surface area (Å²) in [6, 6.07) is 18.4. The summed E-state index contributed by atoms with van der Waals surface area (Å²) in [7, 11) is 0. The van der Waals surface area contributed by atoms with Crippen LogP contribution in [0.2, 0.25) is 0 Å². The average Bonchev–Trinajstić information content (AvgIpc) is 3.11. The van der Waals surface area contributed by atoms with E-state index in [2.05, 4.69) is 41.4 Å². The fourth-order valence-corrected chi connectivity index (χ4v) is 3.18. The van der Waals surface area contributed by atoms with Crippen LogP contribution < -0.4 is 5.32 Å². The second kappa shape index (κ2) is 7.42. The monoisotopic (exact) mass is 308 g/mol. The Morgan fingerprint density at radius 3 is 2.35 bits per heavy atom. The van der Waals surface area contributed by atoms with E-state index in [-0.39, 0.29) is 11.9 Å². The minimum atomic E-state index is 0.00177. The molecule has 1 N–H and O–H groups in total. The molecule has 23 heavy (non-hydrogen) atoms. The van der Waals surface area contributed by atoms with Crippen LogP contribution in [0.3, 0.4) is 0 Å². The third-order valence-electron chi connectivity index (χ3n) is 4.54. The fourth-order valence-electron chi connectivity index (χ4n) is 3.18. The van der Waals surface area contributed by atoms with Crippen LogP contribution in [0.5, 0.6) is 0 Å². The Hall–Kier alpha value is -2.13. The molecule has 1 saturated heterocycles. The number of aryl methyl sites for hydroxylation is 1. The van der Waals surface area contributed by atoms with Gasteiger partial charge in [0.05, 0.1) is 6.04 Å². The molecule has 3 nitrogen and oxygen atoms in total. The lowest BCUT2D eigenvalue weighted by molar-refractivity contribution is 0.0938. The lowest BCUT2D eigenvalue weighted by atomic mass is 10.0. The maximum atomic E-state index is 12.3. The van der Waals surface area contributed by atoms with E-state index in [1.807, 2.05) is 30.3 Å². The van der Waals surface area contributed by atoms with E-state index in [0.29, 0.717) is 6.54 Å². The Kier molecular flexibility index (Phi) is 5.09. The van der Waals surface area contributed by atoms with E-state index in [1.165, 1.54) is 24.0 Å². The van der Waals surface area contributed by atoms with Gasteiger partial charge in [-0.2, -0.15) is 0 Å². The van der Waals surface area contributed by atoms with E-state index < -0.39 is 0 Å². The molecule has 1 heterocycles. The Morgan fingerprint density at radius 2 is 1.70 bits per heavy atom. The predicted octanol–water partition coefficient (Wildman–Crippen LogP) is 3.56. The Bertz CT molecular complexity index is 630. The molecule has 2 aromatic carbocycles. The molecule has 1 atom stereocenters. The molecule has 0 unspecified atom stereocenters. The van der Waals surface area contributed by atoms with Crippen molar-refractivity contribution in [2.75, 3.05) is 19.6 Å². The summed E-state index contributed by atoms with van der Waals surface area (Å²) in [6.07, 6.45) is 2.49. The fraction of sp³-hybridized carbons (Fsp3) is 0.350. The first-order valence-corrected chi connectivity index (χ1v) is 8.38. The molecule has 0 radical (unpaired) electrons.